The third kappa shape index (κ3) is 14.2. The number of benzene rings is 1. The molecule has 0 spiro atoms. The third-order valence-corrected chi connectivity index (χ3v) is 2.55. The lowest BCUT2D eigenvalue weighted by molar-refractivity contribution is -0.131. The lowest BCUT2D eigenvalue weighted by Gasteiger charge is -2.13. The van der Waals surface area contributed by atoms with Crippen molar-refractivity contribution in [3.8, 4) is 0 Å². The Morgan fingerprint density at radius 2 is 1.50 bits per heavy atom. The number of carboxylic acid groups (broad SMARTS) is 1. The predicted molar refractivity (Wildman–Crippen MR) is 87.8 cm³/mol. The van der Waals surface area contributed by atoms with Gasteiger partial charge in [-0.05, 0) is 25.2 Å². The molecule has 112 valence electrons. The molecule has 1 rings (SSSR count). The number of nitrogens with zero attached hydrogens (tertiary/aromatic N) is 1. The summed E-state index contributed by atoms with van der Waals surface area (Å²) in [5, 5.41) is 7.60. The number of rotatable bonds is 5. The van der Waals surface area contributed by atoms with E-state index in [1.165, 1.54) is 25.2 Å². The van der Waals surface area contributed by atoms with E-state index in [0.29, 0.717) is 0 Å². The Bertz CT molecular complexity index is 351. The van der Waals surface area contributed by atoms with Crippen molar-refractivity contribution in [3.05, 3.63) is 55.1 Å². The molecule has 0 unspecified atom stereocenters. The van der Waals surface area contributed by atoms with Gasteiger partial charge in [0.1, 0.15) is 0 Å². The molecule has 0 aliphatic rings. The highest BCUT2D eigenvalue weighted by atomic mass is 16.4. The fraction of sp³-hybridized carbons (Fsp3) is 0.353. The summed E-state index contributed by atoms with van der Waals surface area (Å²) in [7, 11) is 0. The van der Waals surface area contributed by atoms with Crippen molar-refractivity contribution in [1.82, 2.24) is 4.90 Å². The van der Waals surface area contributed by atoms with Gasteiger partial charge < -0.3 is 10.0 Å². The Morgan fingerprint density at radius 1 is 1.10 bits per heavy atom. The number of hydrogen-bond donors (Lipinski definition) is 1. The molecule has 0 saturated heterocycles. The molecule has 0 atom stereocenters. The summed E-state index contributed by atoms with van der Waals surface area (Å²) < 4.78 is 0. The topological polar surface area (TPSA) is 40.5 Å². The molecule has 1 aromatic rings. The van der Waals surface area contributed by atoms with E-state index in [1.54, 1.807) is 0 Å². The van der Waals surface area contributed by atoms with E-state index in [-0.39, 0.29) is 0 Å². The number of hydrogen-bond acceptors (Lipinski definition) is 2. The molecule has 0 bridgehead atoms. The van der Waals surface area contributed by atoms with Crippen LogP contribution < -0.4 is 0 Å². The highest BCUT2D eigenvalue weighted by Gasteiger charge is 1.89. The first-order chi connectivity index (χ1) is 9.55. The fourth-order valence-corrected chi connectivity index (χ4v) is 1.26. The second-order valence-corrected chi connectivity index (χ2v) is 3.78. The molecule has 3 heteroatoms. The zero-order valence-corrected chi connectivity index (χ0v) is 12.9. The van der Waals surface area contributed by atoms with Gasteiger partial charge in [0.15, 0.2) is 0 Å². The SMILES string of the molecule is C=CC(=O)O.C=Cc1ccccc1.CCN(CC)CC. The molecule has 0 aliphatic heterocycles. The van der Waals surface area contributed by atoms with E-state index in [2.05, 4.69) is 38.8 Å². The van der Waals surface area contributed by atoms with Gasteiger partial charge in [-0.25, -0.2) is 4.79 Å². The largest absolute Gasteiger partial charge is 0.478 e. The van der Waals surface area contributed by atoms with Crippen LogP contribution in [-0.2, 0) is 4.79 Å². The van der Waals surface area contributed by atoms with E-state index < -0.39 is 5.97 Å². The van der Waals surface area contributed by atoms with E-state index >= 15 is 0 Å². The molecular formula is C17H27NO2. The molecule has 0 saturated carbocycles. The van der Waals surface area contributed by atoms with Gasteiger partial charge in [-0.2, -0.15) is 0 Å². The fourth-order valence-electron chi connectivity index (χ4n) is 1.26. The highest BCUT2D eigenvalue weighted by molar-refractivity contribution is 5.78. The van der Waals surface area contributed by atoms with Gasteiger partial charge in [0.05, 0.1) is 0 Å². The Morgan fingerprint density at radius 3 is 1.65 bits per heavy atom. The van der Waals surface area contributed by atoms with Gasteiger partial charge in [-0.15, -0.1) is 0 Å². The maximum absolute atomic E-state index is 9.25. The van der Waals surface area contributed by atoms with Crippen LogP contribution in [0.25, 0.3) is 6.08 Å². The molecule has 1 N–H and O–H groups in total. The summed E-state index contributed by atoms with van der Waals surface area (Å²) in [5.41, 5.74) is 1.17. The van der Waals surface area contributed by atoms with Crippen LogP contribution in [0.1, 0.15) is 26.3 Å². The molecule has 0 aliphatic carbocycles. The van der Waals surface area contributed by atoms with Crippen LogP contribution in [0.5, 0.6) is 0 Å². The van der Waals surface area contributed by atoms with E-state index in [1.807, 2.05) is 36.4 Å². The van der Waals surface area contributed by atoms with Gasteiger partial charge in [-0.1, -0.05) is 70.3 Å². The van der Waals surface area contributed by atoms with Crippen molar-refractivity contribution in [2.45, 2.75) is 20.8 Å². The molecular weight excluding hydrogens is 250 g/mol. The van der Waals surface area contributed by atoms with Crippen molar-refractivity contribution < 1.29 is 9.90 Å². The summed E-state index contributed by atoms with van der Waals surface area (Å²) in [5.74, 6) is -0.981. The number of carbonyl (C=O) groups is 1. The molecule has 1 aromatic carbocycles. The second kappa shape index (κ2) is 15.2. The Kier molecular flexibility index (Phi) is 15.5. The minimum Gasteiger partial charge on any atom is -0.478 e. The zero-order chi connectivity index (χ0) is 15.8. The Balaban J connectivity index is 0. The normalized spacial score (nSPS) is 8.60. The lowest BCUT2D eigenvalue weighted by atomic mass is 10.2. The zero-order valence-electron chi connectivity index (χ0n) is 12.9. The van der Waals surface area contributed by atoms with Gasteiger partial charge in [0.2, 0.25) is 0 Å². The first kappa shape index (κ1) is 20.4. The minimum absolute atomic E-state index is 0.833. The standard InChI is InChI=1S/C8H8.C6H15N.C3H4O2/c1-2-8-6-4-3-5-7-8;1-4-7(5-2)6-3;1-2-3(4)5/h2-7H,1H2;4-6H2,1-3H3;2H,1H2,(H,4,5). The lowest BCUT2D eigenvalue weighted by Crippen LogP contribution is -2.21. The molecule has 0 heterocycles. The smallest absolute Gasteiger partial charge is 0.327 e. The van der Waals surface area contributed by atoms with Gasteiger partial charge in [-0.3, -0.25) is 0 Å². The summed E-state index contributed by atoms with van der Waals surface area (Å²) >= 11 is 0. The summed E-state index contributed by atoms with van der Waals surface area (Å²) in [6, 6.07) is 10.0. The second-order valence-electron chi connectivity index (χ2n) is 3.78. The van der Waals surface area contributed by atoms with Crippen LogP contribution in [0.15, 0.2) is 49.6 Å². The van der Waals surface area contributed by atoms with Gasteiger partial charge in [0, 0.05) is 6.08 Å². The van der Waals surface area contributed by atoms with E-state index in [4.69, 9.17) is 5.11 Å². The maximum Gasteiger partial charge on any atom is 0.327 e. The molecule has 3 nitrogen and oxygen atoms in total. The van der Waals surface area contributed by atoms with Crippen LogP contribution in [0.4, 0.5) is 0 Å². The van der Waals surface area contributed by atoms with Crippen LogP contribution in [-0.4, -0.2) is 35.6 Å². The third-order valence-electron chi connectivity index (χ3n) is 2.55. The average molecular weight is 277 g/mol. The van der Waals surface area contributed by atoms with Crippen molar-refractivity contribution in [1.29, 1.82) is 0 Å². The maximum atomic E-state index is 9.25. The van der Waals surface area contributed by atoms with Gasteiger partial charge >= 0.3 is 5.97 Å². The van der Waals surface area contributed by atoms with Crippen LogP contribution in [0, 0.1) is 0 Å². The van der Waals surface area contributed by atoms with Crippen LogP contribution in [0.3, 0.4) is 0 Å². The summed E-state index contributed by atoms with van der Waals surface area (Å²) in [6.45, 7) is 16.7. The monoisotopic (exact) mass is 277 g/mol. The van der Waals surface area contributed by atoms with Gasteiger partial charge in [0.25, 0.3) is 0 Å². The van der Waals surface area contributed by atoms with Crippen LogP contribution in [0.2, 0.25) is 0 Å². The first-order valence-corrected chi connectivity index (χ1v) is 6.80. The van der Waals surface area contributed by atoms with E-state index in [9.17, 15) is 4.79 Å². The van der Waals surface area contributed by atoms with Crippen molar-refractivity contribution >= 4 is 12.0 Å². The molecule has 0 amide bonds. The van der Waals surface area contributed by atoms with Crippen molar-refractivity contribution in [2.75, 3.05) is 19.6 Å². The predicted octanol–water partition coefficient (Wildman–Crippen LogP) is 3.93. The minimum atomic E-state index is -0.981. The first-order valence-electron chi connectivity index (χ1n) is 6.80. The quantitative estimate of drug-likeness (QED) is 0.829. The van der Waals surface area contributed by atoms with Crippen molar-refractivity contribution in [3.63, 3.8) is 0 Å². The number of carboxylic acids is 1. The molecule has 0 fully saturated rings. The van der Waals surface area contributed by atoms with Crippen LogP contribution >= 0.6 is 0 Å². The molecule has 0 aromatic heterocycles. The highest BCUT2D eigenvalue weighted by Crippen LogP contribution is 1.97. The number of aliphatic carboxylic acids is 1. The van der Waals surface area contributed by atoms with E-state index in [0.717, 1.165) is 6.08 Å². The summed E-state index contributed by atoms with van der Waals surface area (Å²) in [4.78, 5) is 11.6. The average Bonchev–Trinajstić information content (AvgIpc) is 2.51. The Hall–Kier alpha value is -1.87. The Labute approximate surface area is 123 Å². The molecule has 20 heavy (non-hydrogen) atoms. The molecule has 0 radical (unpaired) electrons. The van der Waals surface area contributed by atoms with Crippen molar-refractivity contribution in [2.24, 2.45) is 0 Å². The summed E-state index contributed by atoms with van der Waals surface area (Å²) in [6.07, 6.45) is 2.67.